The zero-order valence-electron chi connectivity index (χ0n) is 16.3. The summed E-state index contributed by atoms with van der Waals surface area (Å²) in [5.74, 6) is -0.0129. The summed E-state index contributed by atoms with van der Waals surface area (Å²) in [5.41, 5.74) is 0.765. The smallest absolute Gasteiger partial charge is 0.261 e. The molecule has 4 aromatic rings. The predicted molar refractivity (Wildman–Crippen MR) is 121 cm³/mol. The molecule has 1 N–H and O–H groups in total. The predicted octanol–water partition coefficient (Wildman–Crippen LogP) is 4.72. The van der Waals surface area contributed by atoms with Crippen molar-refractivity contribution in [3.63, 3.8) is 0 Å². The number of carbonyl (C=O) groups is 1. The quantitative estimate of drug-likeness (QED) is 0.439. The molecule has 0 spiro atoms. The van der Waals surface area contributed by atoms with Crippen LogP contribution in [0.1, 0.15) is 15.2 Å². The maximum Gasteiger partial charge on any atom is 0.261 e. The highest BCUT2D eigenvalue weighted by Crippen LogP contribution is 2.35. The van der Waals surface area contributed by atoms with E-state index in [1.807, 2.05) is 12.1 Å². The highest BCUT2D eigenvalue weighted by molar-refractivity contribution is 7.91. The summed E-state index contributed by atoms with van der Waals surface area (Å²) in [6.07, 6.45) is 3.41. The fraction of sp³-hybridized carbons (Fsp3) is 0.0909. The Kier molecular flexibility index (Phi) is 5.95. The second-order valence-electron chi connectivity index (χ2n) is 6.63. The molecule has 0 saturated heterocycles. The molecule has 0 fully saturated rings. The summed E-state index contributed by atoms with van der Waals surface area (Å²) in [5, 5.41) is 3.91. The van der Waals surface area contributed by atoms with Gasteiger partial charge in [0.2, 0.25) is 9.84 Å². The SMILES string of the molecule is COc1cccc(Cl)c1S(=O)(=O)c1ccc(CNC(=O)c2cc3ccncc3s2)cc1. The van der Waals surface area contributed by atoms with E-state index in [9.17, 15) is 13.2 Å². The standard InChI is InChI=1S/C22H17ClN2O4S2/c1-29-18-4-2-3-17(23)21(18)31(27,28)16-7-5-14(6-8-16)12-25-22(26)19-11-15-9-10-24-13-20(15)30-19/h2-11,13H,12H2,1H3,(H,25,26). The third-order valence-corrected chi connectivity index (χ3v) is 8.02. The Morgan fingerprint density at radius 1 is 1.16 bits per heavy atom. The van der Waals surface area contributed by atoms with E-state index >= 15 is 0 Å². The Morgan fingerprint density at radius 3 is 2.65 bits per heavy atom. The summed E-state index contributed by atoms with van der Waals surface area (Å²) >= 11 is 7.51. The van der Waals surface area contributed by atoms with Gasteiger partial charge in [-0.05, 0) is 47.3 Å². The normalized spacial score (nSPS) is 11.4. The molecule has 0 saturated carbocycles. The van der Waals surface area contributed by atoms with E-state index in [4.69, 9.17) is 16.3 Å². The van der Waals surface area contributed by atoms with Crippen LogP contribution < -0.4 is 10.1 Å². The van der Waals surface area contributed by atoms with E-state index in [-0.39, 0.29) is 33.0 Å². The molecular formula is C22H17ClN2O4S2. The molecule has 9 heteroatoms. The van der Waals surface area contributed by atoms with Crippen LogP contribution in [0, 0.1) is 0 Å². The Bertz CT molecular complexity index is 1330. The third kappa shape index (κ3) is 4.27. The van der Waals surface area contributed by atoms with Crippen molar-refractivity contribution in [3.8, 4) is 5.75 Å². The molecule has 31 heavy (non-hydrogen) atoms. The number of fused-ring (bicyclic) bond motifs is 1. The fourth-order valence-electron chi connectivity index (χ4n) is 3.08. The van der Waals surface area contributed by atoms with Crippen LogP contribution in [0.4, 0.5) is 0 Å². The average Bonchev–Trinajstić information content (AvgIpc) is 3.22. The lowest BCUT2D eigenvalue weighted by Crippen LogP contribution is -2.21. The van der Waals surface area contributed by atoms with Crippen molar-refractivity contribution < 1.29 is 17.9 Å². The number of pyridine rings is 1. The number of nitrogens with one attached hydrogen (secondary N) is 1. The number of amides is 1. The number of ether oxygens (including phenoxy) is 1. The molecule has 0 bridgehead atoms. The number of sulfone groups is 1. The van der Waals surface area contributed by atoms with Crippen molar-refractivity contribution in [1.29, 1.82) is 0 Å². The molecule has 0 atom stereocenters. The maximum atomic E-state index is 13.0. The van der Waals surface area contributed by atoms with Crippen LogP contribution in [0.15, 0.2) is 76.8 Å². The van der Waals surface area contributed by atoms with Crippen LogP contribution in [0.3, 0.4) is 0 Å². The van der Waals surface area contributed by atoms with E-state index in [0.29, 0.717) is 4.88 Å². The second kappa shape index (κ2) is 8.66. The molecule has 6 nitrogen and oxygen atoms in total. The van der Waals surface area contributed by atoms with Crippen LogP contribution in [0.5, 0.6) is 5.75 Å². The zero-order chi connectivity index (χ0) is 22.0. The first-order valence-corrected chi connectivity index (χ1v) is 11.9. The lowest BCUT2D eigenvalue weighted by Gasteiger charge is -2.12. The third-order valence-electron chi connectivity index (χ3n) is 4.65. The summed E-state index contributed by atoms with van der Waals surface area (Å²) < 4.78 is 32.2. The Balaban J connectivity index is 1.50. The van der Waals surface area contributed by atoms with E-state index in [0.717, 1.165) is 15.6 Å². The van der Waals surface area contributed by atoms with Gasteiger partial charge in [-0.15, -0.1) is 11.3 Å². The number of rotatable bonds is 6. The number of carbonyl (C=O) groups excluding carboxylic acids is 1. The van der Waals surface area contributed by atoms with Crippen LogP contribution >= 0.6 is 22.9 Å². The Hall–Kier alpha value is -2.94. The van der Waals surface area contributed by atoms with Gasteiger partial charge in [-0.2, -0.15) is 0 Å². The molecule has 0 unspecified atom stereocenters. The van der Waals surface area contributed by atoms with Crippen LogP contribution in [-0.2, 0) is 16.4 Å². The van der Waals surface area contributed by atoms with Crippen molar-refractivity contribution in [2.75, 3.05) is 7.11 Å². The van der Waals surface area contributed by atoms with Gasteiger partial charge in [-0.1, -0.05) is 29.8 Å². The van der Waals surface area contributed by atoms with E-state index < -0.39 is 9.84 Å². The molecular weight excluding hydrogens is 456 g/mol. The Labute approximate surface area is 188 Å². The molecule has 2 heterocycles. The van der Waals surface area contributed by atoms with Gasteiger partial charge in [0.1, 0.15) is 10.6 Å². The minimum Gasteiger partial charge on any atom is -0.495 e. The van der Waals surface area contributed by atoms with E-state index in [1.165, 1.54) is 36.6 Å². The highest BCUT2D eigenvalue weighted by Gasteiger charge is 2.25. The van der Waals surface area contributed by atoms with Gasteiger partial charge in [0.15, 0.2) is 0 Å². The van der Waals surface area contributed by atoms with Crippen LogP contribution in [-0.4, -0.2) is 26.4 Å². The van der Waals surface area contributed by atoms with Gasteiger partial charge >= 0.3 is 0 Å². The average molecular weight is 473 g/mol. The first-order valence-electron chi connectivity index (χ1n) is 9.18. The number of aromatic nitrogens is 1. The molecule has 0 radical (unpaired) electrons. The van der Waals surface area contributed by atoms with Crippen molar-refractivity contribution in [1.82, 2.24) is 10.3 Å². The second-order valence-corrected chi connectivity index (χ2v) is 10.0. The van der Waals surface area contributed by atoms with Gasteiger partial charge < -0.3 is 10.1 Å². The van der Waals surface area contributed by atoms with E-state index in [2.05, 4.69) is 10.3 Å². The van der Waals surface area contributed by atoms with Gasteiger partial charge in [-0.25, -0.2) is 8.42 Å². The molecule has 0 aliphatic rings. The summed E-state index contributed by atoms with van der Waals surface area (Å²) in [6, 6.07) is 14.7. The summed E-state index contributed by atoms with van der Waals surface area (Å²) in [4.78, 5) is 17.1. The van der Waals surface area contributed by atoms with Gasteiger partial charge in [-0.3, -0.25) is 9.78 Å². The Morgan fingerprint density at radius 2 is 1.94 bits per heavy atom. The lowest BCUT2D eigenvalue weighted by molar-refractivity contribution is 0.0955. The number of hydrogen-bond donors (Lipinski definition) is 1. The van der Waals surface area contributed by atoms with Crippen LogP contribution in [0.2, 0.25) is 5.02 Å². The first-order chi connectivity index (χ1) is 14.9. The molecule has 2 aromatic heterocycles. The molecule has 1 amide bonds. The number of halogens is 1. The van der Waals surface area contributed by atoms with Crippen LogP contribution in [0.25, 0.3) is 10.1 Å². The minimum absolute atomic E-state index is 0.0699. The molecule has 0 aliphatic carbocycles. The number of thiophene rings is 1. The minimum atomic E-state index is -3.87. The van der Waals surface area contributed by atoms with Crippen molar-refractivity contribution in [3.05, 3.63) is 82.5 Å². The first kappa shape index (κ1) is 21.3. The monoisotopic (exact) mass is 472 g/mol. The van der Waals surface area contributed by atoms with Crippen molar-refractivity contribution in [2.24, 2.45) is 0 Å². The fourth-order valence-corrected chi connectivity index (χ4v) is 5.97. The molecule has 158 valence electrons. The maximum absolute atomic E-state index is 13.0. The topological polar surface area (TPSA) is 85.4 Å². The van der Waals surface area contributed by atoms with Crippen molar-refractivity contribution >= 4 is 48.8 Å². The largest absolute Gasteiger partial charge is 0.495 e. The van der Waals surface area contributed by atoms with Gasteiger partial charge in [0, 0.05) is 18.9 Å². The highest BCUT2D eigenvalue weighted by atomic mass is 35.5. The zero-order valence-corrected chi connectivity index (χ0v) is 18.7. The van der Waals surface area contributed by atoms with Gasteiger partial charge in [0.05, 0.1) is 26.6 Å². The van der Waals surface area contributed by atoms with Gasteiger partial charge in [0.25, 0.3) is 5.91 Å². The number of hydrogen-bond acceptors (Lipinski definition) is 6. The molecule has 2 aromatic carbocycles. The number of benzene rings is 2. The van der Waals surface area contributed by atoms with Crippen molar-refractivity contribution in [2.45, 2.75) is 16.3 Å². The van der Waals surface area contributed by atoms with E-state index in [1.54, 1.807) is 36.7 Å². The molecule has 0 aliphatic heterocycles. The summed E-state index contributed by atoms with van der Waals surface area (Å²) in [7, 11) is -2.47. The number of methoxy groups -OCH3 is 1. The molecule has 4 rings (SSSR count). The number of nitrogens with zero attached hydrogens (tertiary/aromatic N) is 1. The summed E-state index contributed by atoms with van der Waals surface area (Å²) in [6.45, 7) is 0.265. The lowest BCUT2D eigenvalue weighted by atomic mass is 10.2.